The third-order valence-electron chi connectivity index (χ3n) is 2.23. The Hall–Kier alpha value is -1.95. The minimum atomic E-state index is -0.385. The van der Waals surface area contributed by atoms with Crippen LogP contribution in [-0.4, -0.2) is 43.4 Å². The first-order valence-corrected chi connectivity index (χ1v) is 6.11. The van der Waals surface area contributed by atoms with Crippen molar-refractivity contribution >= 4 is 39.5 Å². The molecule has 0 bridgehead atoms. The van der Waals surface area contributed by atoms with Crippen molar-refractivity contribution in [3.8, 4) is 0 Å². The first-order chi connectivity index (χ1) is 8.63. The van der Waals surface area contributed by atoms with Crippen molar-refractivity contribution in [3.63, 3.8) is 0 Å². The highest BCUT2D eigenvalue weighted by molar-refractivity contribution is 7.21. The monoisotopic (exact) mass is 263 g/mol. The molecule has 18 heavy (non-hydrogen) atoms. The van der Waals surface area contributed by atoms with Gasteiger partial charge >= 0.3 is 5.97 Å². The molecule has 0 radical (unpaired) electrons. The number of rotatable bonds is 3. The molecule has 2 aromatic rings. The molecule has 0 spiro atoms. The SMILES string of the molecule is COC(=O)c1sc2ncccc2c1N=CN(C)C. The Kier molecular flexibility index (Phi) is 3.57. The minimum absolute atomic E-state index is 0.385. The molecule has 6 heteroatoms. The number of hydrogen-bond acceptors (Lipinski definition) is 5. The van der Waals surface area contributed by atoms with Crippen molar-refractivity contribution in [3.05, 3.63) is 23.2 Å². The Morgan fingerprint density at radius 3 is 3.00 bits per heavy atom. The number of carbonyl (C=O) groups is 1. The summed E-state index contributed by atoms with van der Waals surface area (Å²) >= 11 is 1.29. The predicted octanol–water partition coefficient (Wildman–Crippen LogP) is 2.30. The van der Waals surface area contributed by atoms with Gasteiger partial charge in [-0.05, 0) is 12.1 Å². The Labute approximate surface area is 109 Å². The van der Waals surface area contributed by atoms with E-state index in [0.29, 0.717) is 10.6 Å². The summed E-state index contributed by atoms with van der Waals surface area (Å²) in [5.41, 5.74) is 0.614. The van der Waals surface area contributed by atoms with E-state index in [1.54, 1.807) is 17.4 Å². The first-order valence-electron chi connectivity index (χ1n) is 5.30. The molecule has 0 amide bonds. The maximum Gasteiger partial charge on any atom is 0.350 e. The number of nitrogens with zero attached hydrogens (tertiary/aromatic N) is 3. The largest absolute Gasteiger partial charge is 0.465 e. The molecule has 2 rings (SSSR count). The van der Waals surface area contributed by atoms with Crippen LogP contribution < -0.4 is 0 Å². The summed E-state index contributed by atoms with van der Waals surface area (Å²) in [5, 5.41) is 0.862. The van der Waals surface area contributed by atoms with Crippen LogP contribution in [0.25, 0.3) is 10.2 Å². The molecule has 0 aliphatic carbocycles. The van der Waals surface area contributed by atoms with Gasteiger partial charge in [0.15, 0.2) is 0 Å². The average Bonchev–Trinajstić information content (AvgIpc) is 2.74. The molecule has 5 nitrogen and oxygen atoms in total. The van der Waals surface area contributed by atoms with E-state index in [4.69, 9.17) is 4.74 Å². The van der Waals surface area contributed by atoms with E-state index < -0.39 is 0 Å². The molecule has 0 aliphatic rings. The molecule has 2 aromatic heterocycles. The van der Waals surface area contributed by atoms with E-state index in [1.165, 1.54) is 18.4 Å². The predicted molar refractivity (Wildman–Crippen MR) is 72.8 cm³/mol. The minimum Gasteiger partial charge on any atom is -0.465 e. The van der Waals surface area contributed by atoms with Gasteiger partial charge in [-0.15, -0.1) is 11.3 Å². The molecule has 0 N–H and O–H groups in total. The number of methoxy groups -OCH3 is 1. The molecule has 0 atom stereocenters. The molecule has 0 aromatic carbocycles. The summed E-state index contributed by atoms with van der Waals surface area (Å²) in [6.45, 7) is 0. The second-order valence-corrected chi connectivity index (χ2v) is 4.83. The zero-order valence-electron chi connectivity index (χ0n) is 10.4. The summed E-state index contributed by atoms with van der Waals surface area (Å²) < 4.78 is 4.77. The smallest absolute Gasteiger partial charge is 0.350 e. The van der Waals surface area contributed by atoms with E-state index in [0.717, 1.165) is 10.2 Å². The van der Waals surface area contributed by atoms with Gasteiger partial charge in [-0.25, -0.2) is 14.8 Å². The maximum absolute atomic E-state index is 11.7. The van der Waals surface area contributed by atoms with Gasteiger partial charge in [0.25, 0.3) is 0 Å². The zero-order chi connectivity index (χ0) is 13.1. The van der Waals surface area contributed by atoms with E-state index in [9.17, 15) is 4.79 Å². The summed E-state index contributed by atoms with van der Waals surface area (Å²) in [4.78, 5) is 23.3. The van der Waals surface area contributed by atoms with E-state index in [-0.39, 0.29) is 5.97 Å². The van der Waals surface area contributed by atoms with Crippen LogP contribution in [0, 0.1) is 0 Å². The molecule has 0 saturated heterocycles. The van der Waals surface area contributed by atoms with Gasteiger partial charge in [0, 0.05) is 25.7 Å². The fourth-order valence-electron chi connectivity index (χ4n) is 1.45. The van der Waals surface area contributed by atoms with Gasteiger partial charge < -0.3 is 9.64 Å². The summed E-state index contributed by atoms with van der Waals surface area (Å²) in [7, 11) is 5.10. The third-order valence-corrected chi connectivity index (χ3v) is 3.31. The lowest BCUT2D eigenvalue weighted by molar-refractivity contribution is 0.0607. The van der Waals surface area contributed by atoms with Crippen LogP contribution >= 0.6 is 11.3 Å². The van der Waals surface area contributed by atoms with E-state index in [1.807, 2.05) is 26.2 Å². The maximum atomic E-state index is 11.7. The standard InChI is InChI=1S/C12H13N3O2S/c1-15(2)7-14-9-8-5-4-6-13-11(8)18-10(9)12(16)17-3/h4-7H,1-3H3. The lowest BCUT2D eigenvalue weighted by Crippen LogP contribution is -2.07. The topological polar surface area (TPSA) is 54.8 Å². The van der Waals surface area contributed by atoms with Crippen LogP contribution in [0.5, 0.6) is 0 Å². The summed E-state index contributed by atoms with van der Waals surface area (Å²) in [6.07, 6.45) is 3.35. The van der Waals surface area contributed by atoms with Gasteiger partial charge in [-0.3, -0.25) is 0 Å². The van der Waals surface area contributed by atoms with Crippen molar-refractivity contribution in [1.29, 1.82) is 0 Å². The highest BCUT2D eigenvalue weighted by Gasteiger charge is 2.18. The van der Waals surface area contributed by atoms with Crippen LogP contribution in [0.3, 0.4) is 0 Å². The van der Waals surface area contributed by atoms with Crippen LogP contribution in [0.1, 0.15) is 9.67 Å². The lowest BCUT2D eigenvalue weighted by atomic mass is 10.2. The van der Waals surface area contributed by atoms with Crippen molar-refractivity contribution in [2.24, 2.45) is 4.99 Å². The van der Waals surface area contributed by atoms with Gasteiger partial charge in [-0.1, -0.05) is 0 Å². The lowest BCUT2D eigenvalue weighted by Gasteiger charge is -2.02. The average molecular weight is 263 g/mol. The number of hydrogen-bond donors (Lipinski definition) is 0. The molecule has 0 aliphatic heterocycles. The number of aromatic nitrogens is 1. The van der Waals surface area contributed by atoms with Gasteiger partial charge in [-0.2, -0.15) is 0 Å². The van der Waals surface area contributed by atoms with Gasteiger partial charge in [0.1, 0.15) is 9.71 Å². The molecule has 0 saturated carbocycles. The number of fused-ring (bicyclic) bond motifs is 1. The van der Waals surface area contributed by atoms with Crippen molar-refractivity contribution < 1.29 is 9.53 Å². The molecule has 94 valence electrons. The normalized spacial score (nSPS) is 11.1. The number of carbonyl (C=O) groups excluding carboxylic acids is 1. The van der Waals surface area contributed by atoms with Gasteiger partial charge in [0.05, 0.1) is 19.1 Å². The Morgan fingerprint density at radius 2 is 2.33 bits per heavy atom. The third kappa shape index (κ3) is 2.33. The second kappa shape index (κ2) is 5.14. The number of esters is 1. The Balaban J connectivity index is 2.61. The Bertz CT molecular complexity index is 604. The van der Waals surface area contributed by atoms with E-state index >= 15 is 0 Å². The molecular formula is C12H13N3O2S. The number of aliphatic imine (C=N–C) groups is 1. The zero-order valence-corrected chi connectivity index (χ0v) is 11.2. The molecular weight excluding hydrogens is 250 g/mol. The van der Waals surface area contributed by atoms with Crippen LogP contribution in [0.15, 0.2) is 23.3 Å². The molecule has 2 heterocycles. The van der Waals surface area contributed by atoms with Crippen LogP contribution in [0.4, 0.5) is 5.69 Å². The number of ether oxygens (including phenoxy) is 1. The van der Waals surface area contributed by atoms with Crippen molar-refractivity contribution in [2.75, 3.05) is 21.2 Å². The highest BCUT2D eigenvalue weighted by atomic mass is 32.1. The first kappa shape index (κ1) is 12.5. The fraction of sp³-hybridized carbons (Fsp3) is 0.250. The second-order valence-electron chi connectivity index (χ2n) is 3.84. The van der Waals surface area contributed by atoms with Crippen molar-refractivity contribution in [1.82, 2.24) is 9.88 Å². The highest BCUT2D eigenvalue weighted by Crippen LogP contribution is 2.36. The number of pyridine rings is 1. The fourth-order valence-corrected chi connectivity index (χ4v) is 2.46. The summed E-state index contributed by atoms with van der Waals surface area (Å²) in [6, 6.07) is 3.72. The molecule has 0 unspecified atom stereocenters. The van der Waals surface area contributed by atoms with Crippen LogP contribution in [0.2, 0.25) is 0 Å². The van der Waals surface area contributed by atoms with Crippen molar-refractivity contribution in [2.45, 2.75) is 0 Å². The quantitative estimate of drug-likeness (QED) is 0.484. The molecule has 0 fully saturated rings. The van der Waals surface area contributed by atoms with Crippen LogP contribution in [-0.2, 0) is 4.74 Å². The van der Waals surface area contributed by atoms with E-state index in [2.05, 4.69) is 9.98 Å². The summed E-state index contributed by atoms with van der Waals surface area (Å²) in [5.74, 6) is -0.385. The Morgan fingerprint density at radius 1 is 1.56 bits per heavy atom. The van der Waals surface area contributed by atoms with Gasteiger partial charge in [0.2, 0.25) is 0 Å². The number of thiophene rings is 1.